The molecule has 0 amide bonds. The van der Waals surface area contributed by atoms with Crippen LogP contribution in [0.25, 0.3) is 0 Å². The van der Waals surface area contributed by atoms with E-state index in [0.717, 1.165) is 12.0 Å². The summed E-state index contributed by atoms with van der Waals surface area (Å²) in [6, 6.07) is 0.889. The zero-order valence-electron chi connectivity index (χ0n) is 7.72. The van der Waals surface area contributed by atoms with Crippen molar-refractivity contribution in [1.82, 2.24) is 0 Å². The van der Waals surface area contributed by atoms with Gasteiger partial charge in [-0.25, -0.2) is 0 Å². The highest BCUT2D eigenvalue weighted by Gasteiger charge is 2.37. The molecule has 10 heavy (non-hydrogen) atoms. The van der Waals surface area contributed by atoms with E-state index in [9.17, 15) is 0 Å². The fraction of sp³-hybridized carbons (Fsp3) is 1.00. The minimum atomic E-state index is 0.889. The van der Waals surface area contributed by atoms with Crippen molar-refractivity contribution >= 4 is 0 Å². The Morgan fingerprint density at radius 2 is 2.00 bits per heavy atom. The Kier molecular flexibility index (Phi) is 2.04. The Bertz CT molecular complexity index is 122. The van der Waals surface area contributed by atoms with Crippen molar-refractivity contribution in [2.45, 2.75) is 33.2 Å². The molecule has 1 saturated heterocycles. The van der Waals surface area contributed by atoms with Crippen molar-refractivity contribution in [3.63, 3.8) is 0 Å². The number of quaternary nitrogens is 1. The molecule has 1 aliphatic rings. The second-order valence-electron chi connectivity index (χ2n) is 4.17. The number of nitrogens with zero attached hydrogens (tertiary/aromatic N) is 1. The number of likely N-dealkylation sites (tertiary alicyclic amines) is 1. The topological polar surface area (TPSA) is 0 Å². The van der Waals surface area contributed by atoms with Crippen LogP contribution in [-0.4, -0.2) is 30.7 Å². The SMILES string of the molecule is CC[N+]1(C)CC(C)CC1C. The van der Waals surface area contributed by atoms with Crippen LogP contribution in [0.4, 0.5) is 0 Å². The van der Waals surface area contributed by atoms with E-state index in [1.54, 1.807) is 0 Å². The molecule has 0 radical (unpaired) electrons. The minimum absolute atomic E-state index is 0.889. The summed E-state index contributed by atoms with van der Waals surface area (Å²) in [4.78, 5) is 0. The van der Waals surface area contributed by atoms with E-state index in [-0.39, 0.29) is 0 Å². The molecule has 0 N–H and O–H groups in total. The summed E-state index contributed by atoms with van der Waals surface area (Å²) < 4.78 is 1.29. The Morgan fingerprint density at radius 3 is 2.20 bits per heavy atom. The molecule has 1 rings (SSSR count). The van der Waals surface area contributed by atoms with Gasteiger partial charge in [-0.1, -0.05) is 6.92 Å². The van der Waals surface area contributed by atoms with Gasteiger partial charge in [0.25, 0.3) is 0 Å². The standard InChI is InChI=1S/C9H20N/c1-5-10(4)7-8(2)6-9(10)3/h8-9H,5-7H2,1-4H3/q+1. The first-order valence-electron chi connectivity index (χ1n) is 4.42. The lowest BCUT2D eigenvalue weighted by Gasteiger charge is -2.33. The number of hydrogen-bond acceptors (Lipinski definition) is 0. The minimum Gasteiger partial charge on any atom is -0.324 e. The summed E-state index contributed by atoms with van der Waals surface area (Å²) in [6.07, 6.45) is 1.42. The Hall–Kier alpha value is -0.0400. The predicted octanol–water partition coefficient (Wildman–Crippen LogP) is 1.88. The smallest absolute Gasteiger partial charge is 0.0864 e. The van der Waals surface area contributed by atoms with Crippen LogP contribution in [0.2, 0.25) is 0 Å². The molecular weight excluding hydrogens is 122 g/mol. The quantitative estimate of drug-likeness (QED) is 0.490. The van der Waals surface area contributed by atoms with Gasteiger partial charge >= 0.3 is 0 Å². The summed E-state index contributed by atoms with van der Waals surface area (Å²) >= 11 is 0. The Balaban J connectivity index is 2.61. The maximum absolute atomic E-state index is 2.38. The summed E-state index contributed by atoms with van der Waals surface area (Å²) in [6.45, 7) is 9.74. The molecule has 3 atom stereocenters. The molecule has 1 aliphatic heterocycles. The van der Waals surface area contributed by atoms with E-state index in [2.05, 4.69) is 27.8 Å². The van der Waals surface area contributed by atoms with Crippen LogP contribution in [0.1, 0.15) is 27.2 Å². The predicted molar refractivity (Wildman–Crippen MR) is 44.8 cm³/mol. The number of hydrogen-bond donors (Lipinski definition) is 0. The molecule has 0 aromatic heterocycles. The van der Waals surface area contributed by atoms with Gasteiger partial charge in [0.1, 0.15) is 0 Å². The van der Waals surface area contributed by atoms with Gasteiger partial charge in [0.2, 0.25) is 0 Å². The van der Waals surface area contributed by atoms with E-state index in [4.69, 9.17) is 0 Å². The second kappa shape index (κ2) is 2.54. The van der Waals surface area contributed by atoms with Crippen LogP contribution in [0.3, 0.4) is 0 Å². The molecule has 0 spiro atoms. The first-order chi connectivity index (χ1) is 4.58. The van der Waals surface area contributed by atoms with Gasteiger partial charge in [-0.3, -0.25) is 0 Å². The molecule has 0 bridgehead atoms. The molecule has 0 aromatic rings. The Labute approximate surface area is 64.6 Å². The second-order valence-corrected chi connectivity index (χ2v) is 4.17. The van der Waals surface area contributed by atoms with Gasteiger partial charge in [-0.15, -0.1) is 0 Å². The molecule has 1 heteroatoms. The number of rotatable bonds is 1. The van der Waals surface area contributed by atoms with Gasteiger partial charge < -0.3 is 4.48 Å². The van der Waals surface area contributed by atoms with Gasteiger partial charge in [0, 0.05) is 12.3 Å². The lowest BCUT2D eigenvalue weighted by molar-refractivity contribution is -0.918. The summed E-state index contributed by atoms with van der Waals surface area (Å²) in [7, 11) is 2.38. The van der Waals surface area contributed by atoms with Crippen molar-refractivity contribution < 1.29 is 4.48 Å². The average Bonchev–Trinajstić information content (AvgIpc) is 2.09. The highest BCUT2D eigenvalue weighted by molar-refractivity contribution is 4.67. The molecule has 3 unspecified atom stereocenters. The first-order valence-corrected chi connectivity index (χ1v) is 4.42. The van der Waals surface area contributed by atoms with Crippen LogP contribution in [-0.2, 0) is 0 Å². The highest BCUT2D eigenvalue weighted by Crippen LogP contribution is 2.27. The van der Waals surface area contributed by atoms with Gasteiger partial charge in [-0.2, -0.15) is 0 Å². The molecule has 0 aromatic carbocycles. The van der Waals surface area contributed by atoms with E-state index in [1.165, 1.54) is 24.0 Å². The lowest BCUT2D eigenvalue weighted by Crippen LogP contribution is -2.46. The zero-order valence-corrected chi connectivity index (χ0v) is 7.72. The Morgan fingerprint density at radius 1 is 1.40 bits per heavy atom. The van der Waals surface area contributed by atoms with Gasteiger partial charge in [-0.05, 0) is 13.8 Å². The van der Waals surface area contributed by atoms with Crippen LogP contribution < -0.4 is 0 Å². The largest absolute Gasteiger partial charge is 0.324 e. The van der Waals surface area contributed by atoms with Crippen molar-refractivity contribution in [3.8, 4) is 0 Å². The van der Waals surface area contributed by atoms with Crippen molar-refractivity contribution in [2.75, 3.05) is 20.1 Å². The fourth-order valence-corrected chi connectivity index (χ4v) is 2.24. The maximum atomic E-state index is 2.38. The highest BCUT2D eigenvalue weighted by atomic mass is 15.4. The van der Waals surface area contributed by atoms with Crippen LogP contribution in [0, 0.1) is 5.92 Å². The monoisotopic (exact) mass is 142 g/mol. The van der Waals surface area contributed by atoms with Crippen LogP contribution >= 0.6 is 0 Å². The third-order valence-corrected chi connectivity index (χ3v) is 3.26. The van der Waals surface area contributed by atoms with Crippen LogP contribution in [0.15, 0.2) is 0 Å². The van der Waals surface area contributed by atoms with Gasteiger partial charge in [0.05, 0.1) is 26.2 Å². The summed E-state index contributed by atoms with van der Waals surface area (Å²) in [5.41, 5.74) is 0. The molecule has 1 fully saturated rings. The van der Waals surface area contributed by atoms with Gasteiger partial charge in [0.15, 0.2) is 0 Å². The molecule has 1 nitrogen and oxygen atoms in total. The summed E-state index contributed by atoms with van der Waals surface area (Å²) in [5, 5.41) is 0. The third-order valence-electron chi connectivity index (χ3n) is 3.26. The molecule has 60 valence electrons. The van der Waals surface area contributed by atoms with E-state index in [1.807, 2.05) is 0 Å². The lowest BCUT2D eigenvalue weighted by atomic mass is 10.1. The van der Waals surface area contributed by atoms with Crippen molar-refractivity contribution in [2.24, 2.45) is 5.92 Å². The molecule has 0 saturated carbocycles. The van der Waals surface area contributed by atoms with Crippen LogP contribution in [0.5, 0.6) is 0 Å². The normalized spacial score (nSPS) is 48.0. The average molecular weight is 142 g/mol. The third kappa shape index (κ3) is 1.20. The fourth-order valence-electron chi connectivity index (χ4n) is 2.24. The molecular formula is C9H20N+. The van der Waals surface area contributed by atoms with Crippen molar-refractivity contribution in [3.05, 3.63) is 0 Å². The first kappa shape index (κ1) is 8.06. The maximum Gasteiger partial charge on any atom is 0.0864 e. The molecule has 0 aliphatic carbocycles. The summed E-state index contributed by atoms with van der Waals surface area (Å²) in [5.74, 6) is 0.944. The molecule has 1 heterocycles. The van der Waals surface area contributed by atoms with E-state index < -0.39 is 0 Å². The van der Waals surface area contributed by atoms with E-state index in [0.29, 0.717) is 0 Å². The zero-order chi connectivity index (χ0) is 7.78. The van der Waals surface area contributed by atoms with Crippen molar-refractivity contribution in [1.29, 1.82) is 0 Å². The van der Waals surface area contributed by atoms with E-state index >= 15 is 0 Å².